The maximum Gasteiger partial charge on any atom is 0.246 e. The van der Waals surface area contributed by atoms with Crippen molar-refractivity contribution in [2.75, 3.05) is 33.7 Å². The molecule has 2 amide bonds. The minimum Gasteiger partial charge on any atom is -0.347 e. The molecule has 1 saturated heterocycles. The van der Waals surface area contributed by atoms with Gasteiger partial charge in [0, 0.05) is 59.1 Å². The van der Waals surface area contributed by atoms with E-state index in [-0.39, 0.29) is 11.8 Å². The van der Waals surface area contributed by atoms with Crippen LogP contribution in [0.2, 0.25) is 0 Å². The maximum atomic E-state index is 12.3. The minimum atomic E-state index is -0.399. The Bertz CT molecular complexity index is 457. The van der Waals surface area contributed by atoms with Crippen molar-refractivity contribution in [2.45, 2.75) is 19.0 Å². The summed E-state index contributed by atoms with van der Waals surface area (Å²) in [4.78, 5) is 27.7. The summed E-state index contributed by atoms with van der Waals surface area (Å²) in [5.41, 5.74) is 0. The summed E-state index contributed by atoms with van der Waals surface area (Å²) in [5.74, 6) is -0.0353. The molecule has 0 aliphatic carbocycles. The second-order valence-corrected chi connectivity index (χ2v) is 5.06. The molecule has 1 aromatic heterocycles. The molecule has 0 saturated carbocycles. The van der Waals surface area contributed by atoms with Crippen LogP contribution in [-0.4, -0.2) is 71.2 Å². The zero-order valence-electron chi connectivity index (χ0n) is 12.0. The average molecular weight is 279 g/mol. The largest absolute Gasteiger partial charge is 0.347 e. The first-order chi connectivity index (χ1) is 9.59. The molecule has 2 rings (SSSR count). The van der Waals surface area contributed by atoms with E-state index in [9.17, 15) is 9.59 Å². The molecule has 0 radical (unpaired) electrons. The zero-order valence-corrected chi connectivity index (χ0v) is 12.0. The van der Waals surface area contributed by atoms with Crippen molar-refractivity contribution in [2.24, 2.45) is 0 Å². The molecular formula is C13H21N5O2. The van der Waals surface area contributed by atoms with Crippen molar-refractivity contribution < 1.29 is 9.59 Å². The van der Waals surface area contributed by atoms with Crippen molar-refractivity contribution in [3.05, 3.63) is 18.5 Å². The molecule has 1 unspecified atom stereocenters. The Morgan fingerprint density at radius 3 is 2.90 bits per heavy atom. The Hall–Kier alpha value is -1.89. The first kappa shape index (κ1) is 14.5. The lowest BCUT2D eigenvalue weighted by atomic mass is 10.1. The summed E-state index contributed by atoms with van der Waals surface area (Å²) in [6.07, 6.45) is 3.88. The molecule has 20 heavy (non-hydrogen) atoms. The van der Waals surface area contributed by atoms with E-state index in [4.69, 9.17) is 0 Å². The van der Waals surface area contributed by atoms with Crippen molar-refractivity contribution >= 4 is 11.8 Å². The van der Waals surface area contributed by atoms with Crippen LogP contribution in [0.1, 0.15) is 6.42 Å². The fourth-order valence-electron chi connectivity index (χ4n) is 2.31. The van der Waals surface area contributed by atoms with Crippen molar-refractivity contribution in [3.8, 4) is 0 Å². The summed E-state index contributed by atoms with van der Waals surface area (Å²) < 4.78 is 1.73. The summed E-state index contributed by atoms with van der Waals surface area (Å²) in [5, 5.41) is 7.24. The van der Waals surface area contributed by atoms with Crippen LogP contribution in [0.4, 0.5) is 0 Å². The average Bonchev–Trinajstić information content (AvgIpc) is 2.97. The van der Waals surface area contributed by atoms with E-state index in [1.165, 1.54) is 4.90 Å². The van der Waals surface area contributed by atoms with Gasteiger partial charge >= 0.3 is 0 Å². The predicted molar refractivity (Wildman–Crippen MR) is 73.9 cm³/mol. The van der Waals surface area contributed by atoms with Crippen LogP contribution in [0, 0.1) is 0 Å². The standard InChI is InChI=1S/C13H21N5O2/c1-16(2)13(20)11-10-14-6-9-18(11)12(19)4-8-17-7-3-5-15-17/h3,5,7,11,14H,4,6,8-10H2,1-2H3. The lowest BCUT2D eigenvalue weighted by molar-refractivity contribution is -0.145. The minimum absolute atomic E-state index is 0.00204. The Morgan fingerprint density at radius 2 is 2.25 bits per heavy atom. The van der Waals surface area contributed by atoms with Gasteiger partial charge in [-0.1, -0.05) is 0 Å². The topological polar surface area (TPSA) is 70.5 Å². The van der Waals surface area contributed by atoms with Gasteiger partial charge in [0.25, 0.3) is 0 Å². The van der Waals surface area contributed by atoms with Crippen LogP contribution in [0.3, 0.4) is 0 Å². The third-order valence-electron chi connectivity index (χ3n) is 3.40. The molecule has 0 aromatic carbocycles. The number of likely N-dealkylation sites (N-methyl/N-ethyl adjacent to an activating group) is 1. The lowest BCUT2D eigenvalue weighted by Crippen LogP contribution is -2.59. The zero-order chi connectivity index (χ0) is 14.5. The number of hydrogen-bond acceptors (Lipinski definition) is 4. The second-order valence-electron chi connectivity index (χ2n) is 5.06. The molecule has 1 atom stereocenters. The number of aryl methyl sites for hydroxylation is 1. The third-order valence-corrected chi connectivity index (χ3v) is 3.40. The maximum absolute atomic E-state index is 12.3. The number of carbonyl (C=O) groups excluding carboxylic acids is 2. The molecule has 1 aliphatic heterocycles. The number of amides is 2. The molecule has 1 aliphatic rings. The van der Waals surface area contributed by atoms with E-state index in [2.05, 4.69) is 10.4 Å². The first-order valence-electron chi connectivity index (χ1n) is 6.78. The third kappa shape index (κ3) is 3.36. The van der Waals surface area contributed by atoms with Gasteiger partial charge in [-0.25, -0.2) is 0 Å². The number of carbonyl (C=O) groups is 2. The first-order valence-corrected chi connectivity index (χ1v) is 6.78. The van der Waals surface area contributed by atoms with E-state index in [1.54, 1.807) is 29.9 Å². The van der Waals surface area contributed by atoms with E-state index in [0.717, 1.165) is 6.54 Å². The number of hydrogen-bond donors (Lipinski definition) is 1. The molecule has 1 fully saturated rings. The Morgan fingerprint density at radius 1 is 1.45 bits per heavy atom. The molecule has 1 N–H and O–H groups in total. The predicted octanol–water partition coefficient (Wildman–Crippen LogP) is -0.838. The second kappa shape index (κ2) is 6.51. The summed E-state index contributed by atoms with van der Waals surface area (Å²) >= 11 is 0. The summed E-state index contributed by atoms with van der Waals surface area (Å²) in [6.45, 7) is 2.36. The molecule has 0 bridgehead atoms. The monoisotopic (exact) mass is 279 g/mol. The van der Waals surface area contributed by atoms with Gasteiger partial charge in [-0.2, -0.15) is 5.10 Å². The molecular weight excluding hydrogens is 258 g/mol. The van der Waals surface area contributed by atoms with E-state index in [1.807, 2.05) is 12.3 Å². The smallest absolute Gasteiger partial charge is 0.246 e. The SMILES string of the molecule is CN(C)C(=O)C1CNCCN1C(=O)CCn1cccn1. The number of aromatic nitrogens is 2. The van der Waals surface area contributed by atoms with Gasteiger partial charge in [0.1, 0.15) is 6.04 Å². The van der Waals surface area contributed by atoms with Gasteiger partial charge in [-0.05, 0) is 6.07 Å². The molecule has 0 spiro atoms. The van der Waals surface area contributed by atoms with Gasteiger partial charge in [0.2, 0.25) is 11.8 Å². The van der Waals surface area contributed by atoms with E-state index in [0.29, 0.717) is 26.1 Å². The van der Waals surface area contributed by atoms with Gasteiger partial charge in [-0.3, -0.25) is 14.3 Å². The molecule has 1 aromatic rings. The number of piperazine rings is 1. The van der Waals surface area contributed by atoms with Gasteiger partial charge in [-0.15, -0.1) is 0 Å². The Balaban J connectivity index is 1.96. The fourth-order valence-corrected chi connectivity index (χ4v) is 2.31. The van der Waals surface area contributed by atoms with Crippen LogP contribution < -0.4 is 5.32 Å². The van der Waals surface area contributed by atoms with Crippen molar-refractivity contribution in [3.63, 3.8) is 0 Å². The number of rotatable bonds is 4. The molecule has 2 heterocycles. The Labute approximate surface area is 118 Å². The molecule has 110 valence electrons. The number of nitrogens with zero attached hydrogens (tertiary/aromatic N) is 4. The van der Waals surface area contributed by atoms with Crippen LogP contribution in [0.5, 0.6) is 0 Å². The van der Waals surface area contributed by atoms with E-state index >= 15 is 0 Å². The van der Waals surface area contributed by atoms with Crippen molar-refractivity contribution in [1.82, 2.24) is 24.9 Å². The highest BCUT2D eigenvalue weighted by Gasteiger charge is 2.32. The van der Waals surface area contributed by atoms with E-state index < -0.39 is 6.04 Å². The Kier molecular flexibility index (Phi) is 4.73. The van der Waals surface area contributed by atoms with Crippen LogP contribution >= 0.6 is 0 Å². The number of nitrogens with one attached hydrogen (secondary N) is 1. The van der Waals surface area contributed by atoms with Gasteiger partial charge < -0.3 is 15.1 Å². The summed E-state index contributed by atoms with van der Waals surface area (Å²) in [7, 11) is 3.42. The van der Waals surface area contributed by atoms with Crippen LogP contribution in [0.25, 0.3) is 0 Å². The summed E-state index contributed by atoms with van der Waals surface area (Å²) in [6, 6.07) is 1.43. The van der Waals surface area contributed by atoms with Crippen LogP contribution in [-0.2, 0) is 16.1 Å². The van der Waals surface area contributed by atoms with Crippen molar-refractivity contribution in [1.29, 1.82) is 0 Å². The quantitative estimate of drug-likeness (QED) is 0.780. The molecule has 7 nitrogen and oxygen atoms in total. The fraction of sp³-hybridized carbons (Fsp3) is 0.615. The van der Waals surface area contributed by atoms with Crippen LogP contribution in [0.15, 0.2) is 18.5 Å². The highest BCUT2D eigenvalue weighted by molar-refractivity contribution is 5.87. The highest BCUT2D eigenvalue weighted by atomic mass is 16.2. The lowest BCUT2D eigenvalue weighted by Gasteiger charge is -2.36. The molecule has 7 heteroatoms. The normalized spacial score (nSPS) is 18.9. The van der Waals surface area contributed by atoms with Gasteiger partial charge in [0.15, 0.2) is 0 Å². The highest BCUT2D eigenvalue weighted by Crippen LogP contribution is 2.09. The van der Waals surface area contributed by atoms with Gasteiger partial charge in [0.05, 0.1) is 0 Å².